The van der Waals surface area contributed by atoms with E-state index in [0.29, 0.717) is 12.1 Å². The number of benzene rings is 3. The zero-order valence-corrected chi connectivity index (χ0v) is 27.5. The quantitative estimate of drug-likeness (QED) is 0.150. The summed E-state index contributed by atoms with van der Waals surface area (Å²) in [7, 11) is -2.78. The normalized spacial score (nSPS) is 13.8. The summed E-state index contributed by atoms with van der Waals surface area (Å²) in [5, 5.41) is 12.9. The number of aliphatic hydroxyl groups is 1. The molecule has 0 aromatic heterocycles. The number of carbonyl (C=O) groups is 2. The number of anilines is 1. The molecule has 11 heteroatoms. The van der Waals surface area contributed by atoms with Crippen LogP contribution in [-0.2, 0) is 19.6 Å². The second-order valence-corrected chi connectivity index (χ2v) is 13.7. The molecule has 0 unspecified atom stereocenters. The molecular weight excluding hydrogens is 609 g/mol. The first-order valence-corrected chi connectivity index (χ1v) is 17.0. The van der Waals surface area contributed by atoms with Crippen molar-refractivity contribution in [2.24, 2.45) is 5.92 Å². The first-order chi connectivity index (χ1) is 22.0. The van der Waals surface area contributed by atoms with Gasteiger partial charge in [0.25, 0.3) is 0 Å². The van der Waals surface area contributed by atoms with Crippen LogP contribution in [0.2, 0.25) is 0 Å². The minimum Gasteiger partial charge on any atom is -0.453 e. The van der Waals surface area contributed by atoms with Crippen molar-refractivity contribution in [1.82, 2.24) is 9.62 Å². The van der Waals surface area contributed by atoms with Gasteiger partial charge in [-0.05, 0) is 67.0 Å². The molecule has 0 aliphatic carbocycles. The highest BCUT2D eigenvalue weighted by atomic mass is 32.2. The number of nitrogens with one attached hydrogen (secondary N) is 1. The highest BCUT2D eigenvalue weighted by molar-refractivity contribution is 7.89. The average molecular weight is 656 g/mol. The van der Waals surface area contributed by atoms with Crippen molar-refractivity contribution in [3.63, 3.8) is 0 Å². The number of nitrogens with zero attached hydrogens (tertiary/aromatic N) is 1. The lowest BCUT2D eigenvalue weighted by atomic mass is 9.82. The maximum absolute atomic E-state index is 15.4. The number of ether oxygens (including phenoxy) is 1. The fourth-order valence-electron chi connectivity index (χ4n) is 5.39. The monoisotopic (exact) mass is 655 g/mol. The van der Waals surface area contributed by atoms with Gasteiger partial charge in [0.15, 0.2) is 5.78 Å². The Balaban J connectivity index is 1.75. The van der Waals surface area contributed by atoms with E-state index >= 15 is 4.39 Å². The molecule has 4 N–H and O–H groups in total. The van der Waals surface area contributed by atoms with E-state index in [1.54, 1.807) is 0 Å². The SMILES string of the molecule is COC(=O)N[C@H](C(=O)CC[C@H](F)CC[C@@H](CO)N(CCC(C)C)S(=O)(=O)c1ccc(N)cc1)C(c1ccccc1)c1ccccc1. The molecule has 0 radical (unpaired) electrons. The van der Waals surface area contributed by atoms with Crippen LogP contribution < -0.4 is 11.1 Å². The van der Waals surface area contributed by atoms with Crippen LogP contribution in [0.15, 0.2) is 89.8 Å². The standard InChI is InChI=1S/C35H46FN3O6S/c1-25(2)22-23-39(46(43,44)31-19-16-29(37)17-20-31)30(24-40)18-14-28(36)15-21-32(41)34(38-35(42)45-3)33(26-10-6-4-7-11-26)27-12-8-5-9-13-27/h4-13,16-17,19-20,25,28,30,33-34,40H,14-15,18,21-24,37H2,1-3H3,(H,38,42)/t28-,30+,34-/m1/s1. The lowest BCUT2D eigenvalue weighted by Gasteiger charge is -2.31. The van der Waals surface area contributed by atoms with Crippen LogP contribution >= 0.6 is 0 Å². The van der Waals surface area contributed by atoms with E-state index in [-0.39, 0.29) is 48.8 Å². The Bertz CT molecular complexity index is 1430. The molecular formula is C35H46FN3O6S. The first kappa shape index (κ1) is 36.7. The number of amides is 1. The molecule has 0 saturated carbocycles. The summed E-state index contributed by atoms with van der Waals surface area (Å²) in [6.07, 6.45) is -1.99. The Morgan fingerprint density at radius 1 is 0.891 bits per heavy atom. The second kappa shape index (κ2) is 17.8. The minimum absolute atomic E-state index is 0.0434. The van der Waals surface area contributed by atoms with Crippen LogP contribution in [0.1, 0.15) is 63.0 Å². The van der Waals surface area contributed by atoms with Gasteiger partial charge in [-0.25, -0.2) is 17.6 Å². The van der Waals surface area contributed by atoms with Crippen LogP contribution in [0.3, 0.4) is 0 Å². The van der Waals surface area contributed by atoms with Gasteiger partial charge in [-0.15, -0.1) is 0 Å². The summed E-state index contributed by atoms with van der Waals surface area (Å²) in [5.74, 6) is -0.710. The van der Waals surface area contributed by atoms with Crippen molar-refractivity contribution in [1.29, 1.82) is 0 Å². The number of sulfonamides is 1. The summed E-state index contributed by atoms with van der Waals surface area (Å²) in [6.45, 7) is 3.61. The van der Waals surface area contributed by atoms with Crippen molar-refractivity contribution in [2.75, 3.05) is 26.0 Å². The zero-order valence-electron chi connectivity index (χ0n) is 26.7. The van der Waals surface area contributed by atoms with Crippen molar-refractivity contribution < 1.29 is 32.2 Å². The lowest BCUT2D eigenvalue weighted by molar-refractivity contribution is -0.121. The summed E-state index contributed by atoms with van der Waals surface area (Å²) >= 11 is 0. The van der Waals surface area contributed by atoms with Gasteiger partial charge in [0.05, 0.1) is 18.6 Å². The van der Waals surface area contributed by atoms with Gasteiger partial charge in [0, 0.05) is 30.6 Å². The number of aliphatic hydroxyl groups excluding tert-OH is 1. The van der Waals surface area contributed by atoms with Crippen molar-refractivity contribution in [3.8, 4) is 0 Å². The van der Waals surface area contributed by atoms with Gasteiger partial charge in [-0.2, -0.15) is 4.31 Å². The predicted octanol–water partition coefficient (Wildman–Crippen LogP) is 5.69. The molecule has 9 nitrogen and oxygen atoms in total. The highest BCUT2D eigenvalue weighted by Crippen LogP contribution is 2.30. The van der Waals surface area contributed by atoms with Crippen LogP contribution in [0, 0.1) is 5.92 Å². The smallest absolute Gasteiger partial charge is 0.407 e. The molecule has 1 amide bonds. The van der Waals surface area contributed by atoms with Gasteiger partial charge >= 0.3 is 6.09 Å². The number of carbonyl (C=O) groups excluding carboxylic acids is 2. The van der Waals surface area contributed by atoms with Gasteiger partial charge in [-0.3, -0.25) is 4.79 Å². The third-order valence-electron chi connectivity index (χ3n) is 8.00. The van der Waals surface area contributed by atoms with Crippen LogP contribution in [0.25, 0.3) is 0 Å². The van der Waals surface area contributed by atoms with E-state index in [1.165, 1.54) is 35.7 Å². The summed E-state index contributed by atoms with van der Waals surface area (Å²) in [5.41, 5.74) is 7.77. The van der Waals surface area contributed by atoms with Gasteiger partial charge in [0.1, 0.15) is 12.2 Å². The Morgan fingerprint density at radius 2 is 1.46 bits per heavy atom. The third-order valence-corrected chi connectivity index (χ3v) is 9.97. The largest absolute Gasteiger partial charge is 0.453 e. The fraction of sp³-hybridized carbons (Fsp3) is 0.429. The predicted molar refractivity (Wildman–Crippen MR) is 178 cm³/mol. The van der Waals surface area contributed by atoms with Crippen LogP contribution in [0.4, 0.5) is 14.9 Å². The van der Waals surface area contributed by atoms with E-state index in [1.807, 2.05) is 74.5 Å². The Kier molecular flexibility index (Phi) is 14.2. The second-order valence-electron chi connectivity index (χ2n) is 11.8. The molecule has 0 fully saturated rings. The van der Waals surface area contributed by atoms with E-state index in [2.05, 4.69) is 5.32 Å². The van der Waals surface area contributed by atoms with Crippen LogP contribution in [-0.4, -0.2) is 68.2 Å². The molecule has 250 valence electrons. The number of hydrogen-bond acceptors (Lipinski definition) is 7. The summed E-state index contributed by atoms with van der Waals surface area (Å²) < 4.78 is 48.7. The number of nitrogens with two attached hydrogens (primary N) is 1. The summed E-state index contributed by atoms with van der Waals surface area (Å²) in [6, 6.07) is 22.5. The maximum Gasteiger partial charge on any atom is 0.407 e. The zero-order chi connectivity index (χ0) is 33.7. The Morgan fingerprint density at radius 3 is 1.96 bits per heavy atom. The first-order valence-electron chi connectivity index (χ1n) is 15.6. The van der Waals surface area contributed by atoms with Crippen molar-refractivity contribution in [2.45, 2.75) is 75.0 Å². The molecule has 0 saturated heterocycles. The minimum atomic E-state index is -4.00. The molecule has 0 aliphatic heterocycles. The molecule has 46 heavy (non-hydrogen) atoms. The fourth-order valence-corrected chi connectivity index (χ4v) is 7.05. The molecule has 0 spiro atoms. The number of methoxy groups -OCH3 is 1. The molecule has 3 rings (SSSR count). The summed E-state index contributed by atoms with van der Waals surface area (Å²) in [4.78, 5) is 26.1. The number of rotatable bonds is 18. The molecule has 3 aromatic rings. The Labute approximate surface area is 272 Å². The molecule has 0 bridgehead atoms. The van der Waals surface area contributed by atoms with Crippen LogP contribution in [0.5, 0.6) is 0 Å². The number of alkyl carbamates (subject to hydrolysis) is 1. The number of Topliss-reactive ketones (excluding diaryl/α,β-unsaturated/α-hetero) is 1. The lowest BCUT2D eigenvalue weighted by Crippen LogP contribution is -2.45. The maximum atomic E-state index is 15.4. The van der Waals surface area contributed by atoms with E-state index in [4.69, 9.17) is 10.5 Å². The van der Waals surface area contributed by atoms with Gasteiger partial charge in [0.2, 0.25) is 10.0 Å². The molecule has 0 heterocycles. The number of nitrogen functional groups attached to an aromatic ring is 1. The number of hydrogen-bond donors (Lipinski definition) is 3. The molecule has 3 atom stereocenters. The number of ketones is 1. The van der Waals surface area contributed by atoms with E-state index in [0.717, 1.165) is 11.1 Å². The Hall–Kier alpha value is -3.80. The highest BCUT2D eigenvalue weighted by Gasteiger charge is 2.34. The van der Waals surface area contributed by atoms with Gasteiger partial charge in [-0.1, -0.05) is 74.5 Å². The number of alkyl halides is 1. The third kappa shape index (κ3) is 10.4. The van der Waals surface area contributed by atoms with Gasteiger partial charge < -0.3 is 20.9 Å². The number of halogens is 1. The molecule has 3 aromatic carbocycles. The van der Waals surface area contributed by atoms with E-state index < -0.39 is 46.9 Å². The van der Waals surface area contributed by atoms with Crippen molar-refractivity contribution in [3.05, 3.63) is 96.1 Å². The van der Waals surface area contributed by atoms with E-state index in [9.17, 15) is 23.1 Å². The average Bonchev–Trinajstić information content (AvgIpc) is 3.05. The topological polar surface area (TPSA) is 139 Å². The molecule has 0 aliphatic rings. The van der Waals surface area contributed by atoms with Crippen molar-refractivity contribution >= 4 is 27.6 Å².